The molecular formula is C12H28Br4Hf2. The van der Waals surface area contributed by atoms with E-state index in [4.69, 9.17) is 0 Å². The van der Waals surface area contributed by atoms with Crippen LogP contribution < -0.4 is 0 Å². The van der Waals surface area contributed by atoms with E-state index >= 15 is 0 Å². The van der Waals surface area contributed by atoms with Crippen LogP contribution in [0.1, 0.15) is 53.4 Å². The fourth-order valence-electron chi connectivity index (χ4n) is 1.25. The number of hydrogen-bond donors (Lipinski definition) is 0. The van der Waals surface area contributed by atoms with Crippen LogP contribution in [0.15, 0.2) is 0 Å². The van der Waals surface area contributed by atoms with Crippen LogP contribution in [0, 0.1) is 0 Å². The van der Waals surface area contributed by atoms with Crippen molar-refractivity contribution in [3.8, 4) is 0 Å². The predicted octanol–water partition coefficient (Wildman–Crippen LogP) is 8.83. The Morgan fingerprint density at radius 3 is 1.11 bits per heavy atom. The SMILES string of the molecule is CCC[CH2][Hf]([Br])([Br])[CH2]CCC.C[CH2][Hf]([Br])([Br])[CH2]C. The van der Waals surface area contributed by atoms with Crippen LogP contribution in [0.5, 0.6) is 0 Å². The monoisotopic (exact) mass is 848 g/mol. The fraction of sp³-hybridized carbons (Fsp3) is 1.00. The van der Waals surface area contributed by atoms with Crippen molar-refractivity contribution in [2.75, 3.05) is 0 Å². The van der Waals surface area contributed by atoms with Gasteiger partial charge in [-0.3, -0.25) is 0 Å². The van der Waals surface area contributed by atoms with E-state index in [1.165, 1.54) is 42.4 Å². The van der Waals surface area contributed by atoms with Gasteiger partial charge in [0.2, 0.25) is 0 Å². The van der Waals surface area contributed by atoms with Crippen molar-refractivity contribution in [2.45, 2.75) is 70.1 Å². The van der Waals surface area contributed by atoms with E-state index in [9.17, 15) is 0 Å². The maximum atomic E-state index is 3.92. The second kappa shape index (κ2) is 14.3. The van der Waals surface area contributed by atoms with Gasteiger partial charge >= 0.3 is 150 Å². The molecule has 0 radical (unpaired) electrons. The van der Waals surface area contributed by atoms with E-state index in [0.29, 0.717) is 0 Å². The quantitative estimate of drug-likeness (QED) is 0.215. The standard InChI is InChI=1S/2C4H9.2C2H5.4BrH.2Hf/c2*1-3-4-2;2*1-2;;;;;;/h2*1,3-4H2,2H3;2*1H2,2H3;4*1H;;/q;;;;;;;;2*+2/p-4. The Labute approximate surface area is 147 Å². The zero-order chi connectivity index (χ0) is 14.7. The van der Waals surface area contributed by atoms with Gasteiger partial charge in [0.05, 0.1) is 0 Å². The summed E-state index contributed by atoms with van der Waals surface area (Å²) in [6.07, 6.45) is 5.49. The summed E-state index contributed by atoms with van der Waals surface area (Å²) >= 11 is 11.6. The van der Waals surface area contributed by atoms with Gasteiger partial charge in [-0.25, -0.2) is 0 Å². The minimum absolute atomic E-state index is 1.34. The molecule has 0 N–H and O–H groups in total. The van der Waals surface area contributed by atoms with Crippen molar-refractivity contribution in [3.05, 3.63) is 0 Å². The van der Waals surface area contributed by atoms with Crippen LogP contribution in [0.2, 0.25) is 16.7 Å². The van der Waals surface area contributed by atoms with Crippen LogP contribution in [0.25, 0.3) is 0 Å². The molecule has 18 heavy (non-hydrogen) atoms. The summed E-state index contributed by atoms with van der Waals surface area (Å²) in [6, 6.07) is 0. The Bertz CT molecular complexity index is 171. The summed E-state index contributed by atoms with van der Waals surface area (Å²) in [5, 5.41) is 0. The topological polar surface area (TPSA) is 0 Å². The van der Waals surface area contributed by atoms with E-state index in [1.807, 2.05) is 0 Å². The molecule has 6 heteroatoms. The summed E-state index contributed by atoms with van der Waals surface area (Å²) in [6.45, 7) is 9.02. The summed E-state index contributed by atoms with van der Waals surface area (Å²) in [7, 11) is 0. The van der Waals surface area contributed by atoms with E-state index < -0.39 is 30.6 Å². The first-order valence-electron chi connectivity index (χ1n) is 7.00. The Morgan fingerprint density at radius 2 is 0.944 bits per heavy atom. The van der Waals surface area contributed by atoms with Crippen LogP contribution in [0.4, 0.5) is 0 Å². The van der Waals surface area contributed by atoms with Crippen molar-refractivity contribution in [1.29, 1.82) is 0 Å². The van der Waals surface area contributed by atoms with E-state index in [0.717, 1.165) is 0 Å². The maximum absolute atomic E-state index is 3.92. The van der Waals surface area contributed by atoms with Crippen molar-refractivity contribution in [2.24, 2.45) is 0 Å². The van der Waals surface area contributed by atoms with Crippen molar-refractivity contribution < 1.29 is 30.6 Å². The molecule has 0 aliphatic rings. The van der Waals surface area contributed by atoms with Crippen LogP contribution in [0.3, 0.4) is 0 Å². The van der Waals surface area contributed by atoms with Crippen molar-refractivity contribution in [1.82, 2.24) is 0 Å². The third kappa shape index (κ3) is 17.7. The second-order valence-corrected chi connectivity index (χ2v) is 92.7. The van der Waals surface area contributed by atoms with Gasteiger partial charge in [0.15, 0.2) is 0 Å². The Morgan fingerprint density at radius 1 is 0.611 bits per heavy atom. The summed E-state index contributed by atoms with van der Waals surface area (Å²) in [4.78, 5) is 0. The number of hydrogen-bond acceptors (Lipinski definition) is 0. The molecule has 0 nitrogen and oxygen atoms in total. The zero-order valence-corrected chi connectivity index (χ0v) is 25.7. The average molecular weight is 849 g/mol. The molecule has 0 saturated carbocycles. The molecule has 0 atom stereocenters. The van der Waals surface area contributed by atoms with E-state index in [2.05, 4.69) is 76.9 Å². The van der Waals surface area contributed by atoms with Gasteiger partial charge < -0.3 is 0 Å². The Balaban J connectivity index is 0. The number of unbranched alkanes of at least 4 members (excludes halogenated alkanes) is 2. The molecule has 0 aliphatic carbocycles. The molecule has 0 aromatic carbocycles. The molecule has 0 heterocycles. The first-order valence-corrected chi connectivity index (χ1v) is 48.6. The Kier molecular flexibility index (Phi) is 19.0. The van der Waals surface area contributed by atoms with Gasteiger partial charge in [-0.2, -0.15) is 0 Å². The average Bonchev–Trinajstić information content (AvgIpc) is 2.35. The molecule has 0 aliphatic heterocycles. The normalized spacial score (nSPS) is 12.0. The summed E-state index contributed by atoms with van der Waals surface area (Å²) < 4.78 is 5.62. The number of halogens is 4. The zero-order valence-electron chi connectivity index (χ0n) is 12.2. The van der Waals surface area contributed by atoms with Crippen molar-refractivity contribution >= 4 is 49.2 Å². The van der Waals surface area contributed by atoms with Gasteiger partial charge in [0.25, 0.3) is 0 Å². The second-order valence-electron chi connectivity index (χ2n) is 4.63. The minimum atomic E-state index is -1.93. The van der Waals surface area contributed by atoms with Gasteiger partial charge in [-0.05, 0) is 0 Å². The molecule has 0 unspecified atom stereocenters. The number of rotatable bonds is 8. The van der Waals surface area contributed by atoms with Crippen molar-refractivity contribution in [3.63, 3.8) is 0 Å². The molecule has 0 rings (SSSR count). The first-order chi connectivity index (χ1) is 8.24. The third-order valence-corrected chi connectivity index (χ3v) is 49.4. The molecule has 0 aromatic heterocycles. The van der Waals surface area contributed by atoms with Gasteiger partial charge in [-0.1, -0.05) is 0 Å². The first kappa shape index (κ1) is 23.9. The molecule has 0 fully saturated rings. The predicted molar refractivity (Wildman–Crippen MR) is 96.1 cm³/mol. The summed E-state index contributed by atoms with van der Waals surface area (Å²) in [5.41, 5.74) is 0. The van der Waals surface area contributed by atoms with Crippen LogP contribution in [-0.2, 0) is 30.6 Å². The molecule has 0 spiro atoms. The molecule has 0 aromatic rings. The third-order valence-electron chi connectivity index (χ3n) is 2.83. The fourth-order valence-corrected chi connectivity index (χ4v) is 19.4. The van der Waals surface area contributed by atoms with E-state index in [-0.39, 0.29) is 0 Å². The van der Waals surface area contributed by atoms with Gasteiger partial charge in [0, 0.05) is 0 Å². The molecule has 0 saturated heterocycles. The van der Waals surface area contributed by atoms with Gasteiger partial charge in [0.1, 0.15) is 0 Å². The van der Waals surface area contributed by atoms with E-state index in [1.54, 1.807) is 0 Å². The molecule has 0 bridgehead atoms. The Hall–Kier alpha value is 3.66. The van der Waals surface area contributed by atoms with Crippen LogP contribution in [-0.4, -0.2) is 0 Å². The summed E-state index contributed by atoms with van der Waals surface area (Å²) in [5.74, 6) is 0. The van der Waals surface area contributed by atoms with Gasteiger partial charge in [-0.15, -0.1) is 0 Å². The molecular weight excluding hydrogens is 821 g/mol. The van der Waals surface area contributed by atoms with Crippen LogP contribution >= 0.6 is 49.2 Å². The molecule has 112 valence electrons. The molecule has 0 amide bonds.